The number of ether oxygens (including phenoxy) is 1. The van der Waals surface area contributed by atoms with Gasteiger partial charge in [-0.15, -0.1) is 13.2 Å². The molecule has 0 saturated heterocycles. The fourth-order valence-corrected chi connectivity index (χ4v) is 3.52. The Morgan fingerprint density at radius 1 is 1.14 bits per heavy atom. The van der Waals surface area contributed by atoms with Crippen molar-refractivity contribution in [2.75, 3.05) is 37.4 Å². The number of hydrogen-bond acceptors (Lipinski definition) is 5. The summed E-state index contributed by atoms with van der Waals surface area (Å²) >= 11 is 1.12. The van der Waals surface area contributed by atoms with E-state index in [0.717, 1.165) is 11.3 Å². The van der Waals surface area contributed by atoms with Gasteiger partial charge in [-0.3, -0.25) is 4.90 Å². The number of aromatic nitrogens is 1. The average Bonchev–Trinajstić information content (AvgIpc) is 3.04. The van der Waals surface area contributed by atoms with Gasteiger partial charge in [0.1, 0.15) is 5.75 Å². The first-order valence-corrected chi connectivity index (χ1v) is 9.47. The van der Waals surface area contributed by atoms with E-state index in [-0.39, 0.29) is 11.8 Å². The van der Waals surface area contributed by atoms with Crippen molar-refractivity contribution in [2.24, 2.45) is 0 Å². The van der Waals surface area contributed by atoms with Crippen LogP contribution in [0.2, 0.25) is 0 Å². The van der Waals surface area contributed by atoms with Crippen LogP contribution >= 0.6 is 11.3 Å². The first kappa shape index (κ1) is 20.9. The highest BCUT2D eigenvalue weighted by Crippen LogP contribution is 2.33. The topological polar surface area (TPSA) is 57.7 Å². The highest BCUT2D eigenvalue weighted by molar-refractivity contribution is 7.22. The summed E-state index contributed by atoms with van der Waals surface area (Å²) < 4.78 is 41.8. The molecule has 0 unspecified atom stereocenters. The molecule has 1 aromatic heterocycles. The van der Waals surface area contributed by atoms with Crippen molar-refractivity contribution in [3.8, 4) is 5.75 Å². The molecule has 0 aliphatic heterocycles. The van der Waals surface area contributed by atoms with Crippen LogP contribution in [0, 0.1) is 0 Å². The minimum absolute atomic E-state index is 0.325. The molecule has 1 N–H and O–H groups in total. The molecule has 2 amide bonds. The number of likely N-dealkylation sites (N-methyl/N-ethyl adjacent to an activating group) is 1. The number of carbonyl (C=O) groups is 1. The number of nitrogens with zero attached hydrogens (tertiary/aromatic N) is 3. The zero-order chi connectivity index (χ0) is 21.0. The van der Waals surface area contributed by atoms with Crippen LogP contribution in [0.4, 0.5) is 28.8 Å². The number of fused-ring (bicyclic) bond motifs is 1. The van der Waals surface area contributed by atoms with Crippen molar-refractivity contribution in [3.05, 3.63) is 48.5 Å². The number of benzene rings is 2. The highest BCUT2D eigenvalue weighted by Gasteiger charge is 2.31. The maximum Gasteiger partial charge on any atom is 0.573 e. The van der Waals surface area contributed by atoms with Crippen molar-refractivity contribution < 1.29 is 22.7 Å². The molecule has 0 radical (unpaired) electrons. The minimum Gasteiger partial charge on any atom is -0.406 e. The van der Waals surface area contributed by atoms with Crippen LogP contribution in [0.15, 0.2) is 48.5 Å². The maximum atomic E-state index is 12.8. The molecule has 0 aliphatic carbocycles. The molecular formula is C19H19F3N4O2S. The van der Waals surface area contributed by atoms with Crippen molar-refractivity contribution in [1.29, 1.82) is 0 Å². The van der Waals surface area contributed by atoms with E-state index in [0.29, 0.717) is 34.1 Å². The van der Waals surface area contributed by atoms with Gasteiger partial charge in [0.05, 0.1) is 10.2 Å². The number of anilines is 2. The predicted octanol–water partition coefficient (Wildman–Crippen LogP) is 4.80. The number of thiazole rings is 1. The monoisotopic (exact) mass is 424 g/mol. The molecule has 0 spiro atoms. The van der Waals surface area contributed by atoms with Crippen LogP contribution < -0.4 is 15.0 Å². The number of amides is 2. The zero-order valence-electron chi connectivity index (χ0n) is 15.7. The molecule has 6 nitrogen and oxygen atoms in total. The van der Waals surface area contributed by atoms with E-state index in [4.69, 9.17) is 0 Å². The SMILES string of the molecule is CN(C)CCN(C(=O)Nc1ccccc1)c1nc2ccc(OC(F)(F)F)cc2s1. The van der Waals surface area contributed by atoms with E-state index in [1.54, 1.807) is 24.3 Å². The molecule has 154 valence electrons. The van der Waals surface area contributed by atoms with E-state index < -0.39 is 6.36 Å². The Balaban J connectivity index is 1.87. The Hall–Kier alpha value is -2.85. The van der Waals surface area contributed by atoms with Crippen LogP contribution in [-0.2, 0) is 0 Å². The molecule has 10 heteroatoms. The van der Waals surface area contributed by atoms with Crippen LogP contribution in [0.5, 0.6) is 5.75 Å². The summed E-state index contributed by atoms with van der Waals surface area (Å²) in [4.78, 5) is 20.7. The molecule has 0 saturated carbocycles. The number of urea groups is 1. The van der Waals surface area contributed by atoms with Gasteiger partial charge in [-0.05, 0) is 38.4 Å². The minimum atomic E-state index is -4.77. The van der Waals surface area contributed by atoms with Gasteiger partial charge in [0.25, 0.3) is 0 Å². The van der Waals surface area contributed by atoms with Crippen LogP contribution in [0.25, 0.3) is 10.2 Å². The molecule has 3 aromatic rings. The molecule has 3 rings (SSSR count). The van der Waals surface area contributed by atoms with Gasteiger partial charge in [-0.25, -0.2) is 9.78 Å². The number of para-hydroxylation sites is 1. The zero-order valence-corrected chi connectivity index (χ0v) is 16.5. The van der Waals surface area contributed by atoms with Gasteiger partial charge in [-0.1, -0.05) is 29.5 Å². The lowest BCUT2D eigenvalue weighted by molar-refractivity contribution is -0.274. The Morgan fingerprint density at radius 3 is 2.52 bits per heavy atom. The third-order valence-electron chi connectivity index (χ3n) is 3.85. The second kappa shape index (κ2) is 8.66. The Bertz CT molecular complexity index is 976. The summed E-state index contributed by atoms with van der Waals surface area (Å²) in [6, 6.07) is 12.5. The second-order valence-corrected chi connectivity index (χ2v) is 7.43. The molecule has 0 atom stereocenters. The van der Waals surface area contributed by atoms with Crippen molar-refractivity contribution in [1.82, 2.24) is 9.88 Å². The quantitative estimate of drug-likeness (QED) is 0.618. The van der Waals surface area contributed by atoms with Crippen molar-refractivity contribution in [2.45, 2.75) is 6.36 Å². The predicted molar refractivity (Wildman–Crippen MR) is 108 cm³/mol. The fraction of sp³-hybridized carbons (Fsp3) is 0.263. The summed E-state index contributed by atoms with van der Waals surface area (Å²) in [5, 5.41) is 3.20. The smallest absolute Gasteiger partial charge is 0.406 e. The molecular weight excluding hydrogens is 405 g/mol. The van der Waals surface area contributed by atoms with E-state index in [2.05, 4.69) is 15.0 Å². The van der Waals surface area contributed by atoms with Crippen molar-refractivity contribution >= 4 is 38.4 Å². The summed E-state index contributed by atoms with van der Waals surface area (Å²) in [7, 11) is 3.76. The number of hydrogen-bond donors (Lipinski definition) is 1. The van der Waals surface area contributed by atoms with Gasteiger partial charge in [-0.2, -0.15) is 0 Å². The summed E-state index contributed by atoms with van der Waals surface area (Å²) in [5.74, 6) is -0.325. The Kier molecular flexibility index (Phi) is 6.23. The van der Waals surface area contributed by atoms with Gasteiger partial charge < -0.3 is 15.0 Å². The number of alkyl halides is 3. The molecule has 0 aliphatic rings. The fourth-order valence-electron chi connectivity index (χ4n) is 2.50. The third kappa shape index (κ3) is 5.81. The van der Waals surface area contributed by atoms with Gasteiger partial charge in [0.2, 0.25) is 0 Å². The molecule has 0 bridgehead atoms. The lowest BCUT2D eigenvalue weighted by atomic mass is 10.3. The number of rotatable bonds is 6. The standard InChI is InChI=1S/C19H19F3N4O2S/c1-25(2)10-11-26(17(27)23-13-6-4-3-5-7-13)18-24-15-9-8-14(12-16(15)29-18)28-19(20,21)22/h3-9,12H,10-11H2,1-2H3,(H,23,27). The first-order valence-electron chi connectivity index (χ1n) is 8.66. The lowest BCUT2D eigenvalue weighted by Crippen LogP contribution is -2.39. The molecule has 1 heterocycles. The molecule has 0 fully saturated rings. The summed E-state index contributed by atoms with van der Waals surface area (Å²) in [6.45, 7) is 0.942. The largest absolute Gasteiger partial charge is 0.573 e. The number of carbonyl (C=O) groups excluding carboxylic acids is 1. The molecule has 2 aromatic carbocycles. The first-order chi connectivity index (χ1) is 13.7. The van der Waals surface area contributed by atoms with E-state index in [1.807, 2.05) is 25.1 Å². The van der Waals surface area contributed by atoms with E-state index in [1.165, 1.54) is 23.1 Å². The van der Waals surface area contributed by atoms with Crippen molar-refractivity contribution in [3.63, 3.8) is 0 Å². The second-order valence-electron chi connectivity index (χ2n) is 6.42. The molecule has 29 heavy (non-hydrogen) atoms. The van der Waals surface area contributed by atoms with Crippen LogP contribution in [0.1, 0.15) is 0 Å². The summed E-state index contributed by atoms with van der Waals surface area (Å²) in [6.07, 6.45) is -4.77. The lowest BCUT2D eigenvalue weighted by Gasteiger charge is -2.22. The number of nitrogens with one attached hydrogen (secondary N) is 1. The van der Waals surface area contributed by atoms with E-state index >= 15 is 0 Å². The van der Waals surface area contributed by atoms with Crippen LogP contribution in [0.3, 0.4) is 0 Å². The average molecular weight is 424 g/mol. The Labute approximate surface area is 169 Å². The third-order valence-corrected chi connectivity index (χ3v) is 4.90. The van der Waals surface area contributed by atoms with Gasteiger partial charge >= 0.3 is 12.4 Å². The maximum absolute atomic E-state index is 12.8. The summed E-state index contributed by atoms with van der Waals surface area (Å²) in [5.41, 5.74) is 1.12. The van der Waals surface area contributed by atoms with Gasteiger partial charge in [0, 0.05) is 24.8 Å². The van der Waals surface area contributed by atoms with Gasteiger partial charge in [0.15, 0.2) is 5.13 Å². The Morgan fingerprint density at radius 2 is 1.86 bits per heavy atom. The van der Waals surface area contributed by atoms with Crippen LogP contribution in [-0.4, -0.2) is 49.5 Å². The highest BCUT2D eigenvalue weighted by atomic mass is 32.1. The van der Waals surface area contributed by atoms with E-state index in [9.17, 15) is 18.0 Å². The number of halogens is 3. The normalized spacial score (nSPS) is 11.7.